The molecule has 4 rings (SSSR count). The Kier molecular flexibility index (Phi) is 7.02. The number of benzene rings is 2. The Balaban J connectivity index is 1.35. The molecule has 2 aromatic rings. The number of ether oxygens (including phenoxy) is 3. The lowest BCUT2D eigenvalue weighted by atomic mass is 10.0. The lowest BCUT2D eigenvalue weighted by Crippen LogP contribution is -2.37. The minimum absolute atomic E-state index is 0.0222. The number of methoxy groups -OCH3 is 1. The third kappa shape index (κ3) is 5.02. The SMILES string of the molecule is COc1ccccc1C(CNC(=O)CSc1ccc2c(c1)OCCO2)N1CCCC1. The fourth-order valence-electron chi connectivity index (χ4n) is 3.95. The predicted molar refractivity (Wildman–Crippen MR) is 118 cm³/mol. The number of amides is 1. The number of fused-ring (bicyclic) bond motifs is 1. The van der Waals surface area contributed by atoms with E-state index < -0.39 is 0 Å². The largest absolute Gasteiger partial charge is 0.496 e. The Morgan fingerprint density at radius 3 is 2.70 bits per heavy atom. The summed E-state index contributed by atoms with van der Waals surface area (Å²) in [7, 11) is 1.70. The standard InChI is InChI=1S/C23H28N2O4S/c1-27-20-7-3-2-6-18(20)19(25-10-4-5-11-25)15-24-23(26)16-30-17-8-9-21-22(14-17)29-13-12-28-21/h2-3,6-9,14,19H,4-5,10-13,15-16H2,1H3,(H,24,26). The fourth-order valence-corrected chi connectivity index (χ4v) is 4.71. The Morgan fingerprint density at radius 2 is 1.90 bits per heavy atom. The Labute approximate surface area is 181 Å². The molecular formula is C23H28N2O4S. The summed E-state index contributed by atoms with van der Waals surface area (Å²) in [6, 6.07) is 14.0. The second-order valence-corrected chi connectivity index (χ2v) is 8.45. The molecule has 1 fully saturated rings. The zero-order valence-electron chi connectivity index (χ0n) is 17.3. The van der Waals surface area contributed by atoms with Gasteiger partial charge in [0.15, 0.2) is 11.5 Å². The highest BCUT2D eigenvalue weighted by Crippen LogP contribution is 2.34. The van der Waals surface area contributed by atoms with Gasteiger partial charge in [0.1, 0.15) is 19.0 Å². The van der Waals surface area contributed by atoms with Gasteiger partial charge in [0.25, 0.3) is 0 Å². The van der Waals surface area contributed by atoms with Crippen molar-refractivity contribution in [2.75, 3.05) is 45.7 Å². The van der Waals surface area contributed by atoms with Crippen molar-refractivity contribution in [1.82, 2.24) is 10.2 Å². The predicted octanol–water partition coefficient (Wildman–Crippen LogP) is 3.51. The molecule has 0 aromatic heterocycles. The first-order chi connectivity index (χ1) is 14.7. The topological polar surface area (TPSA) is 60.0 Å². The summed E-state index contributed by atoms with van der Waals surface area (Å²) in [5, 5.41) is 3.13. The molecule has 2 aliphatic rings. The molecule has 6 nitrogen and oxygen atoms in total. The summed E-state index contributed by atoms with van der Waals surface area (Å²) >= 11 is 1.50. The van der Waals surface area contributed by atoms with Crippen LogP contribution in [0.5, 0.6) is 17.2 Å². The van der Waals surface area contributed by atoms with Crippen LogP contribution in [0.1, 0.15) is 24.4 Å². The van der Waals surface area contributed by atoms with E-state index in [-0.39, 0.29) is 11.9 Å². The van der Waals surface area contributed by atoms with Crippen LogP contribution in [0.15, 0.2) is 47.4 Å². The van der Waals surface area contributed by atoms with Crippen molar-refractivity contribution >= 4 is 17.7 Å². The first-order valence-electron chi connectivity index (χ1n) is 10.4. The lowest BCUT2D eigenvalue weighted by molar-refractivity contribution is -0.118. The summed E-state index contributed by atoms with van der Waals surface area (Å²) in [6.45, 7) is 3.80. The van der Waals surface area contributed by atoms with Gasteiger partial charge in [-0.2, -0.15) is 0 Å². The summed E-state index contributed by atoms with van der Waals surface area (Å²) in [5.41, 5.74) is 1.13. The average molecular weight is 429 g/mol. The molecule has 2 aliphatic heterocycles. The van der Waals surface area contributed by atoms with Crippen LogP contribution in [0.25, 0.3) is 0 Å². The van der Waals surface area contributed by atoms with Gasteiger partial charge in [-0.1, -0.05) is 18.2 Å². The van der Waals surface area contributed by atoms with Gasteiger partial charge in [-0.25, -0.2) is 0 Å². The highest BCUT2D eigenvalue weighted by atomic mass is 32.2. The van der Waals surface area contributed by atoms with E-state index >= 15 is 0 Å². The molecule has 1 atom stereocenters. The molecule has 30 heavy (non-hydrogen) atoms. The van der Waals surface area contributed by atoms with Crippen LogP contribution in [0.3, 0.4) is 0 Å². The van der Waals surface area contributed by atoms with Gasteiger partial charge >= 0.3 is 0 Å². The van der Waals surface area contributed by atoms with E-state index in [4.69, 9.17) is 14.2 Å². The van der Waals surface area contributed by atoms with Crippen LogP contribution in [0, 0.1) is 0 Å². The Bertz CT molecular complexity index is 870. The summed E-state index contributed by atoms with van der Waals surface area (Å²) in [6.07, 6.45) is 2.39. The van der Waals surface area contributed by atoms with Crippen molar-refractivity contribution in [2.24, 2.45) is 0 Å². The molecule has 1 amide bonds. The van der Waals surface area contributed by atoms with E-state index in [0.717, 1.165) is 40.8 Å². The summed E-state index contributed by atoms with van der Waals surface area (Å²) < 4.78 is 16.7. The van der Waals surface area contributed by atoms with Gasteiger partial charge in [0.2, 0.25) is 5.91 Å². The molecule has 7 heteroatoms. The Morgan fingerprint density at radius 1 is 1.13 bits per heavy atom. The van der Waals surface area contributed by atoms with Gasteiger partial charge in [0.05, 0.1) is 18.9 Å². The molecule has 2 heterocycles. The van der Waals surface area contributed by atoms with Gasteiger partial charge in [-0.3, -0.25) is 9.69 Å². The highest BCUT2D eigenvalue weighted by Gasteiger charge is 2.26. The number of hydrogen-bond acceptors (Lipinski definition) is 6. The van der Waals surface area contributed by atoms with Crippen LogP contribution in [0.4, 0.5) is 0 Å². The number of para-hydroxylation sites is 1. The molecule has 2 aromatic carbocycles. The van der Waals surface area contributed by atoms with E-state index in [0.29, 0.717) is 25.5 Å². The molecule has 0 spiro atoms. The average Bonchev–Trinajstić information content (AvgIpc) is 3.32. The van der Waals surface area contributed by atoms with Crippen LogP contribution < -0.4 is 19.5 Å². The monoisotopic (exact) mass is 428 g/mol. The molecular weight excluding hydrogens is 400 g/mol. The van der Waals surface area contributed by atoms with Crippen molar-refractivity contribution in [1.29, 1.82) is 0 Å². The van der Waals surface area contributed by atoms with Crippen molar-refractivity contribution in [3.63, 3.8) is 0 Å². The maximum absolute atomic E-state index is 12.6. The summed E-state index contributed by atoms with van der Waals surface area (Å²) in [5.74, 6) is 2.76. The number of nitrogens with one attached hydrogen (secondary N) is 1. The molecule has 1 N–H and O–H groups in total. The number of thioether (sulfide) groups is 1. The number of likely N-dealkylation sites (tertiary alicyclic amines) is 1. The molecule has 1 unspecified atom stereocenters. The second-order valence-electron chi connectivity index (χ2n) is 7.40. The number of carbonyl (C=O) groups excluding carboxylic acids is 1. The number of rotatable bonds is 8. The van der Waals surface area contributed by atoms with Gasteiger partial charge in [0, 0.05) is 17.0 Å². The molecule has 0 aliphatic carbocycles. The van der Waals surface area contributed by atoms with Crippen molar-refractivity contribution in [2.45, 2.75) is 23.8 Å². The van der Waals surface area contributed by atoms with E-state index in [1.165, 1.54) is 24.6 Å². The zero-order chi connectivity index (χ0) is 20.8. The second kappa shape index (κ2) is 10.1. The third-order valence-electron chi connectivity index (χ3n) is 5.46. The number of nitrogens with zero attached hydrogens (tertiary/aromatic N) is 1. The minimum Gasteiger partial charge on any atom is -0.496 e. The van der Waals surface area contributed by atoms with Crippen LogP contribution >= 0.6 is 11.8 Å². The van der Waals surface area contributed by atoms with E-state index in [2.05, 4.69) is 16.3 Å². The Hall–Kier alpha value is -2.38. The molecule has 0 bridgehead atoms. The minimum atomic E-state index is 0.0222. The van der Waals surface area contributed by atoms with Crippen molar-refractivity contribution < 1.29 is 19.0 Å². The molecule has 160 valence electrons. The number of hydrogen-bond donors (Lipinski definition) is 1. The summed E-state index contributed by atoms with van der Waals surface area (Å²) in [4.78, 5) is 16.0. The van der Waals surface area contributed by atoms with E-state index in [9.17, 15) is 4.79 Å². The van der Waals surface area contributed by atoms with Crippen molar-refractivity contribution in [3.8, 4) is 17.2 Å². The van der Waals surface area contributed by atoms with Crippen LogP contribution in [-0.4, -0.2) is 56.5 Å². The van der Waals surface area contributed by atoms with Crippen LogP contribution in [-0.2, 0) is 4.79 Å². The zero-order valence-corrected chi connectivity index (χ0v) is 18.1. The lowest BCUT2D eigenvalue weighted by Gasteiger charge is -2.29. The first-order valence-corrected chi connectivity index (χ1v) is 11.4. The maximum atomic E-state index is 12.6. The van der Waals surface area contributed by atoms with Gasteiger partial charge in [-0.15, -0.1) is 11.8 Å². The van der Waals surface area contributed by atoms with Crippen molar-refractivity contribution in [3.05, 3.63) is 48.0 Å². The van der Waals surface area contributed by atoms with E-state index in [1.54, 1.807) is 7.11 Å². The third-order valence-corrected chi connectivity index (χ3v) is 6.45. The van der Waals surface area contributed by atoms with Gasteiger partial charge < -0.3 is 19.5 Å². The fraction of sp³-hybridized carbons (Fsp3) is 0.435. The maximum Gasteiger partial charge on any atom is 0.230 e. The molecule has 0 saturated carbocycles. The van der Waals surface area contributed by atoms with Gasteiger partial charge in [-0.05, 0) is 50.2 Å². The highest BCUT2D eigenvalue weighted by molar-refractivity contribution is 8.00. The normalized spacial score (nSPS) is 16.8. The molecule has 0 radical (unpaired) electrons. The smallest absolute Gasteiger partial charge is 0.230 e. The first kappa shape index (κ1) is 20.9. The van der Waals surface area contributed by atoms with E-state index in [1.807, 2.05) is 36.4 Å². The van der Waals surface area contributed by atoms with Crippen LogP contribution in [0.2, 0.25) is 0 Å². The molecule has 1 saturated heterocycles. The quantitative estimate of drug-likeness (QED) is 0.650. The number of carbonyl (C=O) groups is 1.